The number of piperazine rings is 1. The van der Waals surface area contributed by atoms with Crippen LogP contribution in [0.15, 0.2) is 12.4 Å². The Hall–Kier alpha value is -2.38. The Balaban J connectivity index is 2.00. The van der Waals surface area contributed by atoms with Crippen LogP contribution < -0.4 is 4.90 Å². The lowest BCUT2D eigenvalue weighted by Crippen LogP contribution is -2.50. The first-order valence-electron chi connectivity index (χ1n) is 8.38. The fourth-order valence-electron chi connectivity index (χ4n) is 2.65. The third-order valence-electron chi connectivity index (χ3n) is 4.05. The molecule has 1 aromatic heterocycles. The minimum absolute atomic E-state index is 0.130. The van der Waals surface area contributed by atoms with Gasteiger partial charge in [-0.3, -0.25) is 4.79 Å². The molecule has 0 saturated carbocycles. The number of hydrogen-bond acceptors (Lipinski definition) is 6. The van der Waals surface area contributed by atoms with Crippen molar-refractivity contribution >= 4 is 17.8 Å². The maximum atomic E-state index is 12.6. The summed E-state index contributed by atoms with van der Waals surface area (Å²) < 4.78 is 4.99. The molecule has 2 amide bonds. The number of rotatable bonds is 5. The number of amides is 2. The molecule has 1 fully saturated rings. The molecule has 1 aromatic rings. The van der Waals surface area contributed by atoms with Gasteiger partial charge in [-0.05, 0) is 20.8 Å². The maximum absolute atomic E-state index is 12.6. The number of aromatic nitrogens is 2. The summed E-state index contributed by atoms with van der Waals surface area (Å²) in [6.45, 7) is 9.75. The predicted octanol–water partition coefficient (Wildman–Crippen LogP) is 1.24. The molecule has 0 atom stereocenters. The summed E-state index contributed by atoms with van der Waals surface area (Å²) in [6.07, 6.45) is 1.10. The minimum Gasteiger partial charge on any atom is -0.450 e. The lowest BCUT2D eigenvalue weighted by atomic mass is 10.2. The molecule has 2 heterocycles. The van der Waals surface area contributed by atoms with Gasteiger partial charge in [0.25, 0.3) is 5.91 Å². The van der Waals surface area contributed by atoms with Crippen molar-refractivity contribution in [2.75, 3.05) is 50.8 Å². The zero-order valence-electron chi connectivity index (χ0n) is 14.6. The molecule has 1 aliphatic heterocycles. The molecular weight excluding hydrogens is 310 g/mol. The van der Waals surface area contributed by atoms with Gasteiger partial charge in [-0.2, -0.15) is 0 Å². The molecule has 132 valence electrons. The zero-order chi connectivity index (χ0) is 17.5. The minimum atomic E-state index is -0.324. The van der Waals surface area contributed by atoms with Gasteiger partial charge in [-0.25, -0.2) is 14.8 Å². The molecule has 0 aromatic carbocycles. The standard InChI is InChI=1S/C16H25N5O3/c1-4-19(5-2)14-11-13(17-12-18-14)15(22)20-7-9-21(10-8-20)16(23)24-6-3/h11-12H,4-10H2,1-3H3. The van der Waals surface area contributed by atoms with Gasteiger partial charge in [-0.15, -0.1) is 0 Å². The Kier molecular flexibility index (Phi) is 6.34. The summed E-state index contributed by atoms with van der Waals surface area (Å²) in [4.78, 5) is 38.1. The van der Waals surface area contributed by atoms with Crippen molar-refractivity contribution in [2.24, 2.45) is 0 Å². The molecule has 0 N–H and O–H groups in total. The molecule has 2 rings (SSSR count). The summed E-state index contributed by atoms with van der Waals surface area (Å²) in [5.41, 5.74) is 0.386. The normalized spacial score (nSPS) is 14.5. The lowest BCUT2D eigenvalue weighted by molar-refractivity contribution is 0.0566. The van der Waals surface area contributed by atoms with Crippen LogP contribution in [0.25, 0.3) is 0 Å². The number of carbonyl (C=O) groups excluding carboxylic acids is 2. The second-order valence-electron chi connectivity index (χ2n) is 5.41. The molecule has 0 bridgehead atoms. The molecule has 8 nitrogen and oxygen atoms in total. The molecule has 24 heavy (non-hydrogen) atoms. The van der Waals surface area contributed by atoms with Crippen LogP contribution in [0.4, 0.5) is 10.6 Å². The van der Waals surface area contributed by atoms with E-state index in [9.17, 15) is 9.59 Å². The van der Waals surface area contributed by atoms with E-state index in [-0.39, 0.29) is 12.0 Å². The number of nitrogens with zero attached hydrogens (tertiary/aromatic N) is 5. The van der Waals surface area contributed by atoms with Crippen LogP contribution in [-0.2, 0) is 4.74 Å². The van der Waals surface area contributed by atoms with E-state index in [2.05, 4.69) is 14.9 Å². The Morgan fingerprint density at radius 1 is 1.08 bits per heavy atom. The summed E-state index contributed by atoms with van der Waals surface area (Å²) in [6, 6.07) is 1.73. The molecular formula is C16H25N5O3. The van der Waals surface area contributed by atoms with Crippen LogP contribution in [-0.4, -0.2) is 77.6 Å². The van der Waals surface area contributed by atoms with Gasteiger partial charge in [-0.1, -0.05) is 0 Å². The van der Waals surface area contributed by atoms with Crippen molar-refractivity contribution in [3.63, 3.8) is 0 Å². The van der Waals surface area contributed by atoms with Gasteiger partial charge in [0.2, 0.25) is 0 Å². The van der Waals surface area contributed by atoms with Gasteiger partial charge < -0.3 is 19.4 Å². The molecule has 0 spiro atoms. The largest absolute Gasteiger partial charge is 0.450 e. The predicted molar refractivity (Wildman–Crippen MR) is 90.1 cm³/mol. The number of carbonyl (C=O) groups is 2. The van der Waals surface area contributed by atoms with Crippen molar-refractivity contribution in [3.05, 3.63) is 18.1 Å². The van der Waals surface area contributed by atoms with Crippen LogP contribution in [0.3, 0.4) is 0 Å². The Labute approximate surface area is 142 Å². The Morgan fingerprint density at radius 2 is 1.71 bits per heavy atom. The fraction of sp³-hybridized carbons (Fsp3) is 0.625. The van der Waals surface area contributed by atoms with Crippen molar-refractivity contribution in [3.8, 4) is 0 Å². The van der Waals surface area contributed by atoms with E-state index in [4.69, 9.17) is 4.74 Å². The topological polar surface area (TPSA) is 78.9 Å². The molecule has 0 unspecified atom stereocenters. The average molecular weight is 335 g/mol. The van der Waals surface area contributed by atoms with E-state index in [1.165, 1.54) is 6.33 Å². The van der Waals surface area contributed by atoms with E-state index >= 15 is 0 Å². The Morgan fingerprint density at radius 3 is 2.29 bits per heavy atom. The van der Waals surface area contributed by atoms with E-state index in [0.717, 1.165) is 18.9 Å². The van der Waals surface area contributed by atoms with Crippen LogP contribution in [0.1, 0.15) is 31.3 Å². The quantitative estimate of drug-likeness (QED) is 0.805. The first-order chi connectivity index (χ1) is 11.6. The highest BCUT2D eigenvalue weighted by Gasteiger charge is 2.26. The van der Waals surface area contributed by atoms with E-state index < -0.39 is 0 Å². The highest BCUT2D eigenvalue weighted by molar-refractivity contribution is 5.93. The Bertz CT molecular complexity index is 569. The van der Waals surface area contributed by atoms with Crippen LogP contribution in [0.2, 0.25) is 0 Å². The van der Waals surface area contributed by atoms with Crippen LogP contribution in [0.5, 0.6) is 0 Å². The summed E-state index contributed by atoms with van der Waals surface area (Å²) in [5.74, 6) is 0.623. The third kappa shape index (κ3) is 4.12. The molecule has 1 aliphatic rings. The number of ether oxygens (including phenoxy) is 1. The highest BCUT2D eigenvalue weighted by Crippen LogP contribution is 2.13. The third-order valence-corrected chi connectivity index (χ3v) is 4.05. The van der Waals surface area contributed by atoms with E-state index in [1.807, 2.05) is 13.8 Å². The van der Waals surface area contributed by atoms with Crippen molar-refractivity contribution in [2.45, 2.75) is 20.8 Å². The average Bonchev–Trinajstić information content (AvgIpc) is 2.63. The molecule has 0 radical (unpaired) electrons. The smallest absolute Gasteiger partial charge is 0.409 e. The zero-order valence-corrected chi connectivity index (χ0v) is 14.6. The number of hydrogen-bond donors (Lipinski definition) is 0. The molecule has 0 aliphatic carbocycles. The van der Waals surface area contributed by atoms with Crippen molar-refractivity contribution < 1.29 is 14.3 Å². The van der Waals surface area contributed by atoms with Gasteiger partial charge in [0, 0.05) is 45.3 Å². The van der Waals surface area contributed by atoms with Crippen molar-refractivity contribution in [1.29, 1.82) is 0 Å². The molecule has 8 heteroatoms. The highest BCUT2D eigenvalue weighted by atomic mass is 16.6. The molecule has 1 saturated heterocycles. The van der Waals surface area contributed by atoms with Gasteiger partial charge in [0.05, 0.1) is 6.61 Å². The SMILES string of the molecule is CCOC(=O)N1CCN(C(=O)c2cc(N(CC)CC)ncn2)CC1. The summed E-state index contributed by atoms with van der Waals surface area (Å²) >= 11 is 0. The first kappa shape index (κ1) is 18.0. The van der Waals surface area contributed by atoms with Gasteiger partial charge in [0.15, 0.2) is 0 Å². The summed E-state index contributed by atoms with van der Waals surface area (Å²) in [5, 5.41) is 0. The van der Waals surface area contributed by atoms with Gasteiger partial charge in [0.1, 0.15) is 17.8 Å². The monoisotopic (exact) mass is 335 g/mol. The van der Waals surface area contributed by atoms with Crippen molar-refractivity contribution in [1.82, 2.24) is 19.8 Å². The number of anilines is 1. The second-order valence-corrected chi connectivity index (χ2v) is 5.41. The summed E-state index contributed by atoms with van der Waals surface area (Å²) in [7, 11) is 0. The van der Waals surface area contributed by atoms with Gasteiger partial charge >= 0.3 is 6.09 Å². The van der Waals surface area contributed by atoms with E-state index in [0.29, 0.717) is 38.5 Å². The van der Waals surface area contributed by atoms with Crippen LogP contribution >= 0.6 is 0 Å². The second kappa shape index (κ2) is 8.47. The van der Waals surface area contributed by atoms with E-state index in [1.54, 1.807) is 22.8 Å². The first-order valence-corrected chi connectivity index (χ1v) is 8.38. The fourth-order valence-corrected chi connectivity index (χ4v) is 2.65. The van der Waals surface area contributed by atoms with Crippen LogP contribution in [0, 0.1) is 0 Å². The maximum Gasteiger partial charge on any atom is 0.409 e. The lowest BCUT2D eigenvalue weighted by Gasteiger charge is -2.33.